The third-order valence-corrected chi connectivity index (χ3v) is 3.71. The number of ether oxygens (including phenoxy) is 1. The second kappa shape index (κ2) is 4.57. The van der Waals surface area contributed by atoms with E-state index in [9.17, 15) is 0 Å². The van der Waals surface area contributed by atoms with Gasteiger partial charge < -0.3 is 10.1 Å². The van der Waals surface area contributed by atoms with E-state index in [1.165, 1.54) is 11.1 Å². The minimum atomic E-state index is 0.917. The van der Waals surface area contributed by atoms with Crippen LogP contribution in [0, 0.1) is 0 Å². The van der Waals surface area contributed by atoms with E-state index in [1.807, 2.05) is 6.07 Å². The summed E-state index contributed by atoms with van der Waals surface area (Å²) >= 11 is 0. The molecule has 2 heteroatoms. The molecular weight excluding hydrogens is 246 g/mol. The van der Waals surface area contributed by atoms with Crippen LogP contribution in [-0.2, 0) is 0 Å². The smallest absolute Gasteiger partial charge is 0.151 e. The minimum Gasteiger partial charge on any atom is -0.457 e. The van der Waals surface area contributed by atoms with Gasteiger partial charge in [-0.2, -0.15) is 0 Å². The molecule has 98 valence electrons. The predicted octanol–water partition coefficient (Wildman–Crippen LogP) is 4.72. The minimum absolute atomic E-state index is 0.917. The Kier molecular flexibility index (Phi) is 2.59. The largest absolute Gasteiger partial charge is 0.457 e. The van der Waals surface area contributed by atoms with Gasteiger partial charge in [-0.1, -0.05) is 42.5 Å². The maximum atomic E-state index is 6.06. The van der Waals surface area contributed by atoms with Gasteiger partial charge in [-0.15, -0.1) is 0 Å². The molecule has 1 aliphatic heterocycles. The van der Waals surface area contributed by atoms with Gasteiger partial charge in [0.05, 0.1) is 11.4 Å². The second-order valence-electron chi connectivity index (χ2n) is 5.08. The molecule has 4 rings (SSSR count). The summed E-state index contributed by atoms with van der Waals surface area (Å²) in [5.74, 6) is 1.96. The molecule has 0 fully saturated rings. The van der Waals surface area contributed by atoms with E-state index in [0.29, 0.717) is 0 Å². The van der Waals surface area contributed by atoms with Crippen molar-refractivity contribution in [3.8, 4) is 16.9 Å². The molecule has 1 heterocycles. The van der Waals surface area contributed by atoms with Crippen LogP contribution in [0.15, 0.2) is 72.1 Å². The first-order chi connectivity index (χ1) is 9.90. The average molecular weight is 261 g/mol. The van der Waals surface area contributed by atoms with E-state index in [0.717, 1.165) is 35.7 Å². The Labute approximate surface area is 118 Å². The van der Waals surface area contributed by atoms with Gasteiger partial charge in [-0.05, 0) is 35.8 Å². The van der Waals surface area contributed by atoms with Gasteiger partial charge in [0.1, 0.15) is 5.76 Å². The highest BCUT2D eigenvalue weighted by Gasteiger charge is 2.19. The summed E-state index contributed by atoms with van der Waals surface area (Å²) in [6, 6.07) is 16.7. The van der Waals surface area contributed by atoms with Gasteiger partial charge in [0.2, 0.25) is 0 Å². The first-order valence-corrected chi connectivity index (χ1v) is 6.94. The number of benzene rings is 2. The van der Waals surface area contributed by atoms with E-state index < -0.39 is 0 Å². The molecule has 2 aromatic rings. The summed E-state index contributed by atoms with van der Waals surface area (Å²) in [6.07, 6.45) is 6.30. The van der Waals surface area contributed by atoms with E-state index in [4.69, 9.17) is 4.74 Å². The highest BCUT2D eigenvalue weighted by molar-refractivity contribution is 5.73. The fourth-order valence-corrected chi connectivity index (χ4v) is 2.66. The van der Waals surface area contributed by atoms with Gasteiger partial charge in [-0.25, -0.2) is 0 Å². The zero-order valence-corrected chi connectivity index (χ0v) is 11.1. The van der Waals surface area contributed by atoms with Crippen LogP contribution >= 0.6 is 0 Å². The third-order valence-electron chi connectivity index (χ3n) is 3.71. The maximum absolute atomic E-state index is 6.06. The number of allylic oxidation sites excluding steroid dienone is 3. The lowest BCUT2D eigenvalue weighted by Crippen LogP contribution is -2.15. The molecule has 0 spiro atoms. The Morgan fingerprint density at radius 1 is 0.950 bits per heavy atom. The summed E-state index contributed by atoms with van der Waals surface area (Å²) in [5.41, 5.74) is 4.52. The second-order valence-corrected chi connectivity index (χ2v) is 5.08. The highest BCUT2D eigenvalue weighted by Crippen LogP contribution is 2.38. The lowest BCUT2D eigenvalue weighted by molar-refractivity contribution is 0.393. The normalized spacial score (nSPS) is 16.0. The lowest BCUT2D eigenvalue weighted by Gasteiger charge is -2.25. The van der Waals surface area contributed by atoms with E-state index in [2.05, 4.69) is 59.9 Å². The third kappa shape index (κ3) is 1.90. The zero-order chi connectivity index (χ0) is 13.4. The van der Waals surface area contributed by atoms with Gasteiger partial charge in [0.15, 0.2) is 5.75 Å². The van der Waals surface area contributed by atoms with Crippen LogP contribution in [0.4, 0.5) is 5.69 Å². The summed E-state index contributed by atoms with van der Waals surface area (Å²) in [4.78, 5) is 0. The van der Waals surface area contributed by atoms with Crippen molar-refractivity contribution in [1.82, 2.24) is 0 Å². The van der Waals surface area contributed by atoms with Crippen molar-refractivity contribution in [2.24, 2.45) is 0 Å². The molecule has 0 atom stereocenters. The maximum Gasteiger partial charge on any atom is 0.151 e. The number of rotatable bonds is 1. The molecule has 2 aromatic carbocycles. The molecular formula is C18H15NO. The molecule has 1 N–H and O–H groups in total. The van der Waals surface area contributed by atoms with Crippen molar-refractivity contribution in [1.29, 1.82) is 0 Å². The van der Waals surface area contributed by atoms with Crippen molar-refractivity contribution in [3.05, 3.63) is 72.1 Å². The fourth-order valence-electron chi connectivity index (χ4n) is 2.66. The molecule has 20 heavy (non-hydrogen) atoms. The fraction of sp³-hybridized carbons (Fsp3) is 0.111. The van der Waals surface area contributed by atoms with Crippen molar-refractivity contribution >= 4 is 5.69 Å². The van der Waals surface area contributed by atoms with E-state index in [-0.39, 0.29) is 0 Å². The van der Waals surface area contributed by atoms with Crippen LogP contribution in [-0.4, -0.2) is 0 Å². The Morgan fingerprint density at radius 2 is 1.85 bits per heavy atom. The molecule has 1 aliphatic carbocycles. The van der Waals surface area contributed by atoms with Crippen molar-refractivity contribution in [2.75, 3.05) is 5.32 Å². The lowest BCUT2D eigenvalue weighted by atomic mass is 10.0. The Balaban J connectivity index is 1.73. The van der Waals surface area contributed by atoms with Crippen molar-refractivity contribution in [2.45, 2.75) is 12.8 Å². The van der Waals surface area contributed by atoms with E-state index in [1.54, 1.807) is 0 Å². The SMILES string of the molecule is C1=CC2=C(CC1)Oc1cc(-c3ccccc3)ccc1N2. The quantitative estimate of drug-likeness (QED) is 0.802. The number of hydrogen-bond donors (Lipinski definition) is 1. The van der Waals surface area contributed by atoms with E-state index >= 15 is 0 Å². The molecule has 2 nitrogen and oxygen atoms in total. The molecule has 0 radical (unpaired) electrons. The molecule has 0 saturated carbocycles. The highest BCUT2D eigenvalue weighted by atomic mass is 16.5. The van der Waals surface area contributed by atoms with Gasteiger partial charge in [0.25, 0.3) is 0 Å². The predicted molar refractivity (Wildman–Crippen MR) is 81.5 cm³/mol. The summed E-state index contributed by atoms with van der Waals surface area (Å²) in [7, 11) is 0. The van der Waals surface area contributed by atoms with Crippen LogP contribution in [0.1, 0.15) is 12.8 Å². The summed E-state index contributed by atoms with van der Waals surface area (Å²) in [5, 5.41) is 3.45. The van der Waals surface area contributed by atoms with Crippen molar-refractivity contribution < 1.29 is 4.74 Å². The molecule has 0 saturated heterocycles. The summed E-state index contributed by atoms with van der Waals surface area (Å²) in [6.45, 7) is 0. The van der Waals surface area contributed by atoms with Crippen molar-refractivity contribution in [3.63, 3.8) is 0 Å². The Hall–Kier alpha value is -2.48. The first-order valence-electron chi connectivity index (χ1n) is 6.94. The molecule has 2 aliphatic rings. The standard InChI is InChI=1S/C18H15NO/c1-2-6-13(7-3-1)14-10-11-16-18(12-14)20-17-9-5-4-8-15(17)19-16/h1-4,6-8,10-12,19H,5,9H2. The summed E-state index contributed by atoms with van der Waals surface area (Å²) < 4.78 is 6.06. The first kappa shape index (κ1) is 11.4. The number of nitrogens with one attached hydrogen (secondary N) is 1. The van der Waals surface area contributed by atoms with Crippen LogP contribution in [0.5, 0.6) is 5.75 Å². The van der Waals surface area contributed by atoms with Gasteiger partial charge in [0, 0.05) is 6.42 Å². The van der Waals surface area contributed by atoms with Crippen LogP contribution in [0.3, 0.4) is 0 Å². The number of anilines is 1. The zero-order valence-electron chi connectivity index (χ0n) is 11.1. The van der Waals surface area contributed by atoms with Gasteiger partial charge >= 0.3 is 0 Å². The van der Waals surface area contributed by atoms with Crippen LogP contribution < -0.4 is 10.1 Å². The number of hydrogen-bond acceptors (Lipinski definition) is 2. The molecule has 0 unspecified atom stereocenters. The number of fused-ring (bicyclic) bond motifs is 1. The Bertz CT molecular complexity index is 713. The molecule has 0 amide bonds. The average Bonchev–Trinajstić information content (AvgIpc) is 2.53. The topological polar surface area (TPSA) is 21.3 Å². The van der Waals surface area contributed by atoms with Gasteiger partial charge in [-0.3, -0.25) is 0 Å². The molecule has 0 aromatic heterocycles. The monoisotopic (exact) mass is 261 g/mol. The van der Waals surface area contributed by atoms with Crippen LogP contribution in [0.2, 0.25) is 0 Å². The Morgan fingerprint density at radius 3 is 2.75 bits per heavy atom. The molecule has 0 bridgehead atoms. The van der Waals surface area contributed by atoms with Crippen LogP contribution in [0.25, 0.3) is 11.1 Å².